The van der Waals surface area contributed by atoms with Gasteiger partial charge in [-0.3, -0.25) is 0 Å². The van der Waals surface area contributed by atoms with Crippen LogP contribution in [0.5, 0.6) is 0 Å². The topological polar surface area (TPSA) is 18.5 Å². The van der Waals surface area contributed by atoms with E-state index in [-0.39, 0.29) is 6.10 Å². The molecule has 0 saturated carbocycles. The third kappa shape index (κ3) is 1.94. The highest BCUT2D eigenvalue weighted by Crippen LogP contribution is 2.36. The van der Waals surface area contributed by atoms with Crippen molar-refractivity contribution in [3.63, 3.8) is 0 Å². The Hall–Kier alpha value is -0.340. The van der Waals surface area contributed by atoms with E-state index in [1.807, 2.05) is 0 Å². The van der Waals surface area contributed by atoms with E-state index in [0.717, 1.165) is 6.42 Å². The van der Waals surface area contributed by atoms with Gasteiger partial charge >= 0.3 is 0 Å². The highest BCUT2D eigenvalue weighted by Gasteiger charge is 2.25. The molecule has 0 bridgehead atoms. The molecule has 74 valence electrons. The first kappa shape index (κ1) is 9.22. The van der Waals surface area contributed by atoms with E-state index in [2.05, 4.69) is 0 Å². The van der Waals surface area contributed by atoms with Gasteiger partial charge in [-0.25, -0.2) is 9.78 Å². The first-order valence-corrected chi connectivity index (χ1v) is 5.32. The number of hydrogen-bond donors (Lipinski definition) is 0. The number of hydrogen-bond acceptors (Lipinski definition) is 2. The van der Waals surface area contributed by atoms with Crippen molar-refractivity contribution in [2.75, 3.05) is 7.11 Å². The van der Waals surface area contributed by atoms with Crippen LogP contribution in [0.2, 0.25) is 0 Å². The molecule has 0 aliphatic heterocycles. The van der Waals surface area contributed by atoms with E-state index in [4.69, 9.17) is 9.78 Å². The Bertz CT molecular complexity index is 204. The summed E-state index contributed by atoms with van der Waals surface area (Å²) in [5, 5.41) is 0. The lowest BCUT2D eigenvalue weighted by Crippen LogP contribution is -2.22. The second kappa shape index (κ2) is 4.25. The molecule has 0 saturated heterocycles. The normalized spacial score (nSPS) is 28.8. The maximum absolute atomic E-state index is 5.29. The van der Waals surface area contributed by atoms with E-state index < -0.39 is 0 Å². The molecule has 2 aliphatic carbocycles. The Labute approximate surface area is 79.8 Å². The standard InChI is InChI=1S/C11H18O2/c1-12-13-11-8-4-6-9-5-2-3-7-10(9)11/h11H,2-8H2,1H3. The molecule has 1 atom stereocenters. The Morgan fingerprint density at radius 1 is 1.08 bits per heavy atom. The van der Waals surface area contributed by atoms with Crippen LogP contribution in [0.25, 0.3) is 0 Å². The molecule has 0 aromatic rings. The van der Waals surface area contributed by atoms with E-state index in [0.29, 0.717) is 0 Å². The van der Waals surface area contributed by atoms with Crippen molar-refractivity contribution in [3.8, 4) is 0 Å². The number of allylic oxidation sites excluding steroid dienone is 1. The summed E-state index contributed by atoms with van der Waals surface area (Å²) >= 11 is 0. The summed E-state index contributed by atoms with van der Waals surface area (Å²) < 4.78 is 0. The molecular formula is C11H18O2. The van der Waals surface area contributed by atoms with Crippen LogP contribution in [-0.4, -0.2) is 13.2 Å². The van der Waals surface area contributed by atoms with Crippen LogP contribution in [0, 0.1) is 0 Å². The van der Waals surface area contributed by atoms with Crippen molar-refractivity contribution in [1.29, 1.82) is 0 Å². The molecular weight excluding hydrogens is 164 g/mol. The lowest BCUT2D eigenvalue weighted by molar-refractivity contribution is -0.298. The van der Waals surface area contributed by atoms with Crippen LogP contribution in [0.3, 0.4) is 0 Å². The summed E-state index contributed by atoms with van der Waals surface area (Å²) in [4.78, 5) is 10.1. The predicted octanol–water partition coefficient (Wildman–Crippen LogP) is 2.99. The summed E-state index contributed by atoms with van der Waals surface area (Å²) in [5.41, 5.74) is 3.22. The van der Waals surface area contributed by atoms with Crippen LogP contribution in [0.1, 0.15) is 44.9 Å². The van der Waals surface area contributed by atoms with Gasteiger partial charge in [-0.2, -0.15) is 0 Å². The molecule has 0 amide bonds. The Kier molecular flexibility index (Phi) is 3.01. The fourth-order valence-corrected chi connectivity index (χ4v) is 2.56. The van der Waals surface area contributed by atoms with Crippen LogP contribution >= 0.6 is 0 Å². The second-order valence-corrected chi connectivity index (χ2v) is 3.98. The van der Waals surface area contributed by atoms with Crippen molar-refractivity contribution in [2.24, 2.45) is 0 Å². The van der Waals surface area contributed by atoms with Gasteiger partial charge in [0.2, 0.25) is 0 Å². The number of rotatable bonds is 2. The van der Waals surface area contributed by atoms with Crippen LogP contribution in [0.4, 0.5) is 0 Å². The molecule has 0 fully saturated rings. The predicted molar refractivity (Wildman–Crippen MR) is 51.2 cm³/mol. The second-order valence-electron chi connectivity index (χ2n) is 3.98. The molecule has 0 aromatic carbocycles. The Balaban J connectivity index is 2.10. The van der Waals surface area contributed by atoms with Crippen LogP contribution in [0.15, 0.2) is 11.1 Å². The summed E-state index contributed by atoms with van der Waals surface area (Å²) in [7, 11) is 1.61. The zero-order chi connectivity index (χ0) is 9.10. The van der Waals surface area contributed by atoms with Gasteiger partial charge in [0.25, 0.3) is 0 Å². The van der Waals surface area contributed by atoms with Gasteiger partial charge in [-0.15, -0.1) is 0 Å². The van der Waals surface area contributed by atoms with E-state index >= 15 is 0 Å². The molecule has 0 spiro atoms. The highest BCUT2D eigenvalue weighted by atomic mass is 17.2. The lowest BCUT2D eigenvalue weighted by Gasteiger charge is -2.30. The summed E-state index contributed by atoms with van der Waals surface area (Å²) in [6, 6.07) is 0. The maximum atomic E-state index is 5.29. The van der Waals surface area contributed by atoms with Crippen molar-refractivity contribution < 1.29 is 9.78 Å². The van der Waals surface area contributed by atoms with Crippen molar-refractivity contribution in [1.82, 2.24) is 0 Å². The van der Waals surface area contributed by atoms with Gasteiger partial charge < -0.3 is 0 Å². The monoisotopic (exact) mass is 182 g/mol. The van der Waals surface area contributed by atoms with Crippen molar-refractivity contribution in [3.05, 3.63) is 11.1 Å². The Morgan fingerprint density at radius 2 is 1.85 bits per heavy atom. The SMILES string of the molecule is COOC1CCCC2=C1CCCC2. The Morgan fingerprint density at radius 3 is 2.69 bits per heavy atom. The quantitative estimate of drug-likeness (QED) is 0.371. The van der Waals surface area contributed by atoms with Crippen LogP contribution in [-0.2, 0) is 9.78 Å². The maximum Gasteiger partial charge on any atom is 0.114 e. The average Bonchev–Trinajstić information content (AvgIpc) is 2.19. The van der Waals surface area contributed by atoms with E-state index in [9.17, 15) is 0 Å². The molecule has 2 nitrogen and oxygen atoms in total. The third-order valence-electron chi connectivity index (χ3n) is 3.17. The fraction of sp³-hybridized carbons (Fsp3) is 0.818. The first-order chi connectivity index (χ1) is 6.42. The zero-order valence-electron chi connectivity index (χ0n) is 8.34. The van der Waals surface area contributed by atoms with Gasteiger partial charge in [0.1, 0.15) is 6.10 Å². The van der Waals surface area contributed by atoms with Crippen molar-refractivity contribution >= 4 is 0 Å². The lowest BCUT2D eigenvalue weighted by atomic mass is 9.81. The minimum Gasteiger partial charge on any atom is -0.239 e. The van der Waals surface area contributed by atoms with Crippen molar-refractivity contribution in [2.45, 2.75) is 51.0 Å². The van der Waals surface area contributed by atoms with Gasteiger partial charge in [0, 0.05) is 0 Å². The minimum absolute atomic E-state index is 0.272. The summed E-state index contributed by atoms with van der Waals surface area (Å²) in [5.74, 6) is 0. The zero-order valence-corrected chi connectivity index (χ0v) is 8.34. The minimum atomic E-state index is 0.272. The van der Waals surface area contributed by atoms with Gasteiger partial charge in [0.15, 0.2) is 0 Å². The third-order valence-corrected chi connectivity index (χ3v) is 3.17. The molecule has 13 heavy (non-hydrogen) atoms. The molecule has 2 aliphatic rings. The van der Waals surface area contributed by atoms with Gasteiger partial charge in [-0.1, -0.05) is 5.57 Å². The molecule has 0 heterocycles. The van der Waals surface area contributed by atoms with Gasteiger partial charge in [-0.05, 0) is 50.5 Å². The average molecular weight is 182 g/mol. The van der Waals surface area contributed by atoms with Gasteiger partial charge in [0.05, 0.1) is 7.11 Å². The highest BCUT2D eigenvalue weighted by molar-refractivity contribution is 5.23. The van der Waals surface area contributed by atoms with Crippen LogP contribution < -0.4 is 0 Å². The molecule has 0 radical (unpaired) electrons. The van der Waals surface area contributed by atoms with E-state index in [1.54, 1.807) is 18.3 Å². The first-order valence-electron chi connectivity index (χ1n) is 5.32. The summed E-state index contributed by atoms with van der Waals surface area (Å²) in [6.07, 6.45) is 9.25. The molecule has 2 rings (SSSR count). The molecule has 0 aromatic heterocycles. The molecule has 2 heteroatoms. The fourth-order valence-electron chi connectivity index (χ4n) is 2.56. The summed E-state index contributed by atoms with van der Waals surface area (Å²) in [6.45, 7) is 0. The molecule has 0 N–H and O–H groups in total. The van der Waals surface area contributed by atoms with E-state index in [1.165, 1.54) is 38.5 Å². The molecule has 1 unspecified atom stereocenters. The smallest absolute Gasteiger partial charge is 0.114 e. The largest absolute Gasteiger partial charge is 0.239 e.